The second kappa shape index (κ2) is 8.19. The Balaban J connectivity index is 0.00000400. The van der Waals surface area contributed by atoms with E-state index in [0.717, 1.165) is 31.6 Å². The van der Waals surface area contributed by atoms with Gasteiger partial charge in [0, 0.05) is 33.2 Å². The van der Waals surface area contributed by atoms with Gasteiger partial charge < -0.3 is 15.5 Å². The maximum atomic E-state index is 12.5. The maximum absolute atomic E-state index is 12.5. The van der Waals surface area contributed by atoms with Crippen molar-refractivity contribution in [1.29, 1.82) is 0 Å². The van der Waals surface area contributed by atoms with Gasteiger partial charge in [-0.05, 0) is 33.6 Å². The molecule has 6 heteroatoms. The average Bonchev–Trinajstić information content (AvgIpc) is 2.82. The Labute approximate surface area is 146 Å². The Hall–Kier alpha value is -0.530. The van der Waals surface area contributed by atoms with Gasteiger partial charge in [-0.2, -0.15) is 0 Å². The van der Waals surface area contributed by atoms with Crippen molar-refractivity contribution < 1.29 is 4.79 Å². The summed E-state index contributed by atoms with van der Waals surface area (Å²) in [6.45, 7) is 6.93. The van der Waals surface area contributed by atoms with Gasteiger partial charge in [-0.3, -0.25) is 9.79 Å². The lowest BCUT2D eigenvalue weighted by Gasteiger charge is -2.32. The van der Waals surface area contributed by atoms with Crippen LogP contribution in [0, 0.1) is 5.41 Å². The van der Waals surface area contributed by atoms with Gasteiger partial charge >= 0.3 is 0 Å². The average molecular weight is 410 g/mol. The SMILES string of the molecule is CN=C(NCC1(C(=O)N(C)C)CCCC1)NC(C)(C)C.I. The molecule has 2 N–H and O–H groups in total. The number of hydrogen-bond donors (Lipinski definition) is 2. The van der Waals surface area contributed by atoms with Gasteiger partial charge in [0.15, 0.2) is 5.96 Å². The minimum atomic E-state index is -0.265. The van der Waals surface area contributed by atoms with Gasteiger partial charge in [-0.1, -0.05) is 12.8 Å². The van der Waals surface area contributed by atoms with E-state index in [1.165, 1.54) is 0 Å². The molecule has 1 fully saturated rings. The van der Waals surface area contributed by atoms with E-state index in [1.807, 2.05) is 14.1 Å². The molecule has 0 aliphatic heterocycles. The smallest absolute Gasteiger partial charge is 0.230 e. The Morgan fingerprint density at radius 3 is 2.14 bits per heavy atom. The molecule has 0 aromatic rings. The second-order valence-electron chi connectivity index (χ2n) is 6.99. The number of carbonyl (C=O) groups excluding carboxylic acids is 1. The van der Waals surface area contributed by atoms with Crippen LogP contribution in [-0.4, -0.2) is 50.0 Å². The van der Waals surface area contributed by atoms with E-state index in [0.29, 0.717) is 6.54 Å². The zero-order valence-electron chi connectivity index (χ0n) is 14.2. The third-order valence-corrected chi connectivity index (χ3v) is 3.73. The lowest BCUT2D eigenvalue weighted by molar-refractivity contribution is -0.138. The van der Waals surface area contributed by atoms with Crippen LogP contribution in [0.25, 0.3) is 0 Å². The highest BCUT2D eigenvalue weighted by atomic mass is 127. The van der Waals surface area contributed by atoms with Crippen LogP contribution in [-0.2, 0) is 4.79 Å². The summed E-state index contributed by atoms with van der Waals surface area (Å²) >= 11 is 0. The van der Waals surface area contributed by atoms with Gasteiger partial charge in [-0.25, -0.2) is 0 Å². The third kappa shape index (κ3) is 6.00. The van der Waals surface area contributed by atoms with Crippen molar-refractivity contribution >= 4 is 35.8 Å². The number of guanidine groups is 1. The van der Waals surface area contributed by atoms with Crippen LogP contribution < -0.4 is 10.6 Å². The van der Waals surface area contributed by atoms with Crippen LogP contribution in [0.1, 0.15) is 46.5 Å². The lowest BCUT2D eigenvalue weighted by atomic mass is 9.84. The Morgan fingerprint density at radius 1 is 1.24 bits per heavy atom. The fourth-order valence-corrected chi connectivity index (χ4v) is 2.78. The number of amides is 1. The van der Waals surface area contributed by atoms with E-state index in [1.54, 1.807) is 11.9 Å². The molecular formula is C15H31IN4O. The summed E-state index contributed by atoms with van der Waals surface area (Å²) in [4.78, 5) is 18.4. The molecule has 0 radical (unpaired) electrons. The third-order valence-electron chi connectivity index (χ3n) is 3.73. The molecule has 0 atom stereocenters. The number of aliphatic imine (C=N–C) groups is 1. The van der Waals surface area contributed by atoms with E-state index < -0.39 is 0 Å². The van der Waals surface area contributed by atoms with Crippen molar-refractivity contribution in [3.05, 3.63) is 0 Å². The van der Waals surface area contributed by atoms with Gasteiger partial charge in [-0.15, -0.1) is 24.0 Å². The predicted molar refractivity (Wildman–Crippen MR) is 99.3 cm³/mol. The molecule has 124 valence electrons. The van der Waals surface area contributed by atoms with Crippen molar-refractivity contribution in [1.82, 2.24) is 15.5 Å². The molecule has 5 nitrogen and oxygen atoms in total. The van der Waals surface area contributed by atoms with E-state index in [-0.39, 0.29) is 40.8 Å². The van der Waals surface area contributed by atoms with Crippen LogP contribution >= 0.6 is 24.0 Å². The Kier molecular flexibility index (Phi) is 7.99. The highest BCUT2D eigenvalue weighted by Gasteiger charge is 2.42. The Bertz CT molecular complexity index is 368. The normalized spacial score (nSPS) is 17.9. The molecular weight excluding hydrogens is 379 g/mol. The molecule has 1 aliphatic rings. The second-order valence-corrected chi connectivity index (χ2v) is 6.99. The molecule has 0 aromatic heterocycles. The maximum Gasteiger partial charge on any atom is 0.230 e. The highest BCUT2D eigenvalue weighted by Crippen LogP contribution is 2.38. The van der Waals surface area contributed by atoms with E-state index >= 15 is 0 Å². The molecule has 0 heterocycles. The number of carbonyl (C=O) groups is 1. The molecule has 0 aromatic carbocycles. The van der Waals surface area contributed by atoms with Gasteiger partial charge in [0.25, 0.3) is 0 Å². The summed E-state index contributed by atoms with van der Waals surface area (Å²) in [5.41, 5.74) is -0.310. The van der Waals surface area contributed by atoms with Crippen molar-refractivity contribution in [3.8, 4) is 0 Å². The van der Waals surface area contributed by atoms with Crippen molar-refractivity contribution in [3.63, 3.8) is 0 Å². The first-order chi connectivity index (χ1) is 9.20. The fraction of sp³-hybridized carbons (Fsp3) is 0.867. The summed E-state index contributed by atoms with van der Waals surface area (Å²) < 4.78 is 0. The van der Waals surface area contributed by atoms with Gasteiger partial charge in [0.2, 0.25) is 5.91 Å². The first kappa shape index (κ1) is 20.5. The van der Waals surface area contributed by atoms with Crippen molar-refractivity contribution in [2.75, 3.05) is 27.7 Å². The highest BCUT2D eigenvalue weighted by molar-refractivity contribution is 14.0. The largest absolute Gasteiger partial charge is 0.355 e. The van der Waals surface area contributed by atoms with Crippen molar-refractivity contribution in [2.45, 2.75) is 52.0 Å². The zero-order chi connectivity index (χ0) is 15.4. The number of hydrogen-bond acceptors (Lipinski definition) is 2. The molecule has 0 saturated heterocycles. The molecule has 1 saturated carbocycles. The number of nitrogens with zero attached hydrogens (tertiary/aromatic N) is 2. The quantitative estimate of drug-likeness (QED) is 0.426. The predicted octanol–water partition coefficient (Wildman–Crippen LogP) is 2.22. The fourth-order valence-electron chi connectivity index (χ4n) is 2.78. The molecule has 0 spiro atoms. The summed E-state index contributed by atoms with van der Waals surface area (Å²) in [7, 11) is 5.44. The van der Waals surface area contributed by atoms with Crippen LogP contribution in [0.4, 0.5) is 0 Å². The monoisotopic (exact) mass is 410 g/mol. The van der Waals surface area contributed by atoms with Crippen LogP contribution in [0.2, 0.25) is 0 Å². The topological polar surface area (TPSA) is 56.7 Å². The molecule has 0 bridgehead atoms. The van der Waals surface area contributed by atoms with Gasteiger partial charge in [0.1, 0.15) is 0 Å². The van der Waals surface area contributed by atoms with E-state index in [4.69, 9.17) is 0 Å². The summed E-state index contributed by atoms with van der Waals surface area (Å²) in [5, 5.41) is 6.67. The van der Waals surface area contributed by atoms with Crippen molar-refractivity contribution in [2.24, 2.45) is 10.4 Å². The van der Waals surface area contributed by atoms with Crippen LogP contribution in [0.15, 0.2) is 4.99 Å². The molecule has 1 rings (SSSR count). The standard InChI is InChI=1S/C15H30N4O.HI/c1-14(2,3)18-13(16-4)17-11-15(9-7-8-10-15)12(20)19(5)6;/h7-11H2,1-6H3,(H2,16,17,18);1H. The summed E-state index contributed by atoms with van der Waals surface area (Å²) in [5.74, 6) is 0.990. The van der Waals surface area contributed by atoms with Gasteiger partial charge in [0.05, 0.1) is 5.41 Å². The van der Waals surface area contributed by atoms with Crippen LogP contribution in [0.5, 0.6) is 0 Å². The molecule has 21 heavy (non-hydrogen) atoms. The molecule has 1 amide bonds. The summed E-state index contributed by atoms with van der Waals surface area (Å²) in [6, 6.07) is 0. The number of halogens is 1. The zero-order valence-corrected chi connectivity index (χ0v) is 16.6. The number of rotatable bonds is 3. The number of nitrogens with one attached hydrogen (secondary N) is 2. The minimum Gasteiger partial charge on any atom is -0.355 e. The lowest BCUT2D eigenvalue weighted by Crippen LogP contribution is -2.52. The molecule has 1 aliphatic carbocycles. The minimum absolute atomic E-state index is 0. The Morgan fingerprint density at radius 2 is 1.76 bits per heavy atom. The van der Waals surface area contributed by atoms with E-state index in [9.17, 15) is 4.79 Å². The summed E-state index contributed by atoms with van der Waals surface area (Å²) in [6.07, 6.45) is 4.19. The first-order valence-electron chi connectivity index (χ1n) is 7.41. The van der Waals surface area contributed by atoms with E-state index in [2.05, 4.69) is 36.4 Å². The van der Waals surface area contributed by atoms with Crippen LogP contribution in [0.3, 0.4) is 0 Å². The first-order valence-corrected chi connectivity index (χ1v) is 7.41. The molecule has 0 unspecified atom stereocenters.